The predicted octanol–water partition coefficient (Wildman–Crippen LogP) is 0.361. The fourth-order valence-corrected chi connectivity index (χ4v) is 3.79. The molecule has 0 saturated carbocycles. The lowest BCUT2D eigenvalue weighted by Gasteiger charge is -2.54. The molecule has 3 aliphatic rings. The molecule has 2 N–H and O–H groups in total. The molecule has 1 unspecified atom stereocenters. The first kappa shape index (κ1) is 12.9. The standard InChI is InChI=1S/C12H24N2.H2O/c1-4-14(5-2)12-6-8-13(9-7-12)11(3)10-12;/h11H,4-10H2,1-3H3;1H2. The number of hydrogen-bond donors (Lipinski definition) is 1. The van der Waals surface area contributed by atoms with Crippen molar-refractivity contribution in [2.24, 2.45) is 0 Å². The third-order valence-corrected chi connectivity index (χ3v) is 4.67. The van der Waals surface area contributed by atoms with Crippen LogP contribution in [0.2, 0.25) is 0 Å². The second-order valence-corrected chi connectivity index (χ2v) is 5.18. The van der Waals surface area contributed by atoms with Crippen LogP contribution in [0.25, 0.3) is 0 Å². The maximum atomic E-state index is 2.67. The molecule has 1 atom stereocenters. The number of nitrogens with one attached hydrogen (secondary N) is 1. The molecule has 0 aromatic rings. The first-order valence-corrected chi connectivity index (χ1v) is 6.31. The molecule has 3 fully saturated rings. The van der Waals surface area contributed by atoms with Crippen LogP contribution >= 0.6 is 0 Å². The quantitative estimate of drug-likeness (QED) is 0.736. The Hall–Kier alpha value is -0.120. The minimum absolute atomic E-state index is 0. The highest BCUT2D eigenvalue weighted by molar-refractivity contribution is 4.96. The van der Waals surface area contributed by atoms with Crippen molar-refractivity contribution < 1.29 is 10.4 Å². The third-order valence-electron chi connectivity index (χ3n) is 4.67. The molecule has 3 aliphatic heterocycles. The van der Waals surface area contributed by atoms with E-state index in [1.807, 2.05) is 4.90 Å². The summed E-state index contributed by atoms with van der Waals surface area (Å²) in [6, 6.07) is 0.839. The number of nitrogens with zero attached hydrogens (tertiary/aromatic N) is 1. The molecule has 0 amide bonds. The molecular formula is C12H26N2O. The molecule has 90 valence electrons. The van der Waals surface area contributed by atoms with Gasteiger partial charge in [-0.25, -0.2) is 0 Å². The van der Waals surface area contributed by atoms with Crippen LogP contribution in [0.4, 0.5) is 0 Å². The second kappa shape index (κ2) is 4.81. The van der Waals surface area contributed by atoms with Crippen molar-refractivity contribution in [1.82, 2.24) is 4.90 Å². The largest absolute Gasteiger partial charge is 0.870 e. The summed E-state index contributed by atoms with van der Waals surface area (Å²) in [6.07, 6.45) is 4.31. The Balaban J connectivity index is 0.00000112. The summed E-state index contributed by atoms with van der Waals surface area (Å²) < 4.78 is 0. The second-order valence-electron chi connectivity index (χ2n) is 5.18. The summed E-state index contributed by atoms with van der Waals surface area (Å²) in [4.78, 5) is 4.52. The Kier molecular flexibility index (Phi) is 4.15. The zero-order valence-electron chi connectivity index (χ0n) is 10.4. The molecule has 3 saturated heterocycles. The van der Waals surface area contributed by atoms with Gasteiger partial charge >= 0.3 is 0 Å². The first-order chi connectivity index (χ1) is 6.72. The van der Waals surface area contributed by atoms with Crippen molar-refractivity contribution in [3.05, 3.63) is 0 Å². The molecule has 3 heteroatoms. The maximum absolute atomic E-state index is 2.67. The molecule has 0 spiro atoms. The van der Waals surface area contributed by atoms with Gasteiger partial charge in [0, 0.05) is 38.4 Å². The number of piperidine rings is 3. The van der Waals surface area contributed by atoms with Crippen LogP contribution < -0.4 is 4.90 Å². The van der Waals surface area contributed by atoms with Gasteiger partial charge in [-0.15, -0.1) is 0 Å². The summed E-state index contributed by atoms with van der Waals surface area (Å²) in [7, 11) is 0. The molecule has 0 aliphatic carbocycles. The average Bonchev–Trinajstić information content (AvgIpc) is 2.20. The molecule has 2 bridgehead atoms. The highest BCUT2D eigenvalue weighted by atomic mass is 16.0. The van der Waals surface area contributed by atoms with Crippen molar-refractivity contribution in [2.45, 2.75) is 51.6 Å². The van der Waals surface area contributed by atoms with E-state index >= 15 is 0 Å². The molecule has 3 nitrogen and oxygen atoms in total. The monoisotopic (exact) mass is 214 g/mol. The topological polar surface area (TPSA) is 37.7 Å². The van der Waals surface area contributed by atoms with Gasteiger partial charge in [0.1, 0.15) is 5.54 Å². The van der Waals surface area contributed by atoms with Crippen molar-refractivity contribution in [2.75, 3.05) is 26.2 Å². The molecule has 3 heterocycles. The van der Waals surface area contributed by atoms with E-state index in [0.29, 0.717) is 5.54 Å². The summed E-state index contributed by atoms with van der Waals surface area (Å²) in [5.41, 5.74) is 0.650. The van der Waals surface area contributed by atoms with E-state index in [1.54, 1.807) is 0 Å². The van der Waals surface area contributed by atoms with Crippen molar-refractivity contribution in [3.8, 4) is 0 Å². The van der Waals surface area contributed by atoms with Crippen LogP contribution in [0.15, 0.2) is 0 Å². The van der Waals surface area contributed by atoms with E-state index in [2.05, 4.69) is 25.7 Å². The van der Waals surface area contributed by atoms with Gasteiger partial charge in [-0.05, 0) is 20.8 Å². The van der Waals surface area contributed by atoms with E-state index in [1.165, 1.54) is 45.4 Å². The Labute approximate surface area is 93.7 Å². The number of quaternary nitrogens is 1. The van der Waals surface area contributed by atoms with Crippen LogP contribution in [0.3, 0.4) is 0 Å². The summed E-state index contributed by atoms with van der Waals surface area (Å²) in [5, 5.41) is 0. The number of fused-ring (bicyclic) bond motifs is 3. The van der Waals surface area contributed by atoms with Crippen LogP contribution in [0, 0.1) is 0 Å². The first-order valence-electron chi connectivity index (χ1n) is 6.31. The van der Waals surface area contributed by atoms with Crippen molar-refractivity contribution in [3.63, 3.8) is 0 Å². The summed E-state index contributed by atoms with van der Waals surface area (Å²) >= 11 is 0. The van der Waals surface area contributed by atoms with E-state index in [4.69, 9.17) is 0 Å². The van der Waals surface area contributed by atoms with Gasteiger partial charge in [-0.1, -0.05) is 0 Å². The summed E-state index contributed by atoms with van der Waals surface area (Å²) in [6.45, 7) is 12.4. The SMILES string of the molecule is CC[NH+](CC)C12CCN(CC1)C(C)C2.[OH-]. The Morgan fingerprint density at radius 1 is 1.20 bits per heavy atom. The highest BCUT2D eigenvalue weighted by Crippen LogP contribution is 2.33. The fourth-order valence-electron chi connectivity index (χ4n) is 3.79. The fraction of sp³-hybridized carbons (Fsp3) is 1.00. The minimum atomic E-state index is 0. The zero-order chi connectivity index (χ0) is 10.2. The predicted molar refractivity (Wildman–Crippen MR) is 61.6 cm³/mol. The summed E-state index contributed by atoms with van der Waals surface area (Å²) in [5.74, 6) is 0. The Bertz CT molecular complexity index is 196. The van der Waals surface area contributed by atoms with Gasteiger partial charge in [0.25, 0.3) is 0 Å². The van der Waals surface area contributed by atoms with Crippen LogP contribution in [-0.4, -0.2) is 48.1 Å². The minimum Gasteiger partial charge on any atom is -0.870 e. The van der Waals surface area contributed by atoms with Crippen LogP contribution in [0.1, 0.15) is 40.0 Å². The van der Waals surface area contributed by atoms with Gasteiger partial charge in [-0.2, -0.15) is 0 Å². The normalized spacial score (nSPS) is 39.2. The van der Waals surface area contributed by atoms with Gasteiger partial charge in [0.05, 0.1) is 13.1 Å². The zero-order valence-corrected chi connectivity index (χ0v) is 10.4. The Morgan fingerprint density at radius 2 is 1.73 bits per heavy atom. The molecule has 0 aromatic heterocycles. The van der Waals surface area contributed by atoms with Crippen molar-refractivity contribution >= 4 is 0 Å². The van der Waals surface area contributed by atoms with E-state index in [-0.39, 0.29) is 5.48 Å². The van der Waals surface area contributed by atoms with E-state index in [9.17, 15) is 0 Å². The van der Waals surface area contributed by atoms with Gasteiger partial charge in [0.15, 0.2) is 0 Å². The molecular weight excluding hydrogens is 188 g/mol. The van der Waals surface area contributed by atoms with Gasteiger partial charge in [-0.3, -0.25) is 4.90 Å². The lowest BCUT2D eigenvalue weighted by Crippen LogP contribution is -3.21. The lowest BCUT2D eigenvalue weighted by molar-refractivity contribution is -0.954. The van der Waals surface area contributed by atoms with E-state index in [0.717, 1.165) is 6.04 Å². The molecule has 0 radical (unpaired) electrons. The van der Waals surface area contributed by atoms with Gasteiger partial charge < -0.3 is 10.4 Å². The maximum Gasteiger partial charge on any atom is 0.102 e. The van der Waals surface area contributed by atoms with Gasteiger partial charge in [0.2, 0.25) is 0 Å². The van der Waals surface area contributed by atoms with Crippen molar-refractivity contribution in [1.29, 1.82) is 0 Å². The molecule has 3 rings (SSSR count). The third kappa shape index (κ3) is 2.05. The molecule has 0 aromatic carbocycles. The van der Waals surface area contributed by atoms with E-state index < -0.39 is 0 Å². The smallest absolute Gasteiger partial charge is 0.102 e. The highest BCUT2D eigenvalue weighted by Gasteiger charge is 2.48. The van der Waals surface area contributed by atoms with Crippen LogP contribution in [0.5, 0.6) is 0 Å². The van der Waals surface area contributed by atoms with Crippen LogP contribution in [-0.2, 0) is 0 Å². The average molecular weight is 214 g/mol. The number of hydrogen-bond acceptors (Lipinski definition) is 2. The number of rotatable bonds is 3. The Morgan fingerprint density at radius 3 is 2.13 bits per heavy atom. The lowest BCUT2D eigenvalue weighted by atomic mass is 9.75. The molecule has 15 heavy (non-hydrogen) atoms.